The van der Waals surface area contributed by atoms with Crippen molar-refractivity contribution in [2.24, 2.45) is 0 Å². The highest BCUT2D eigenvalue weighted by molar-refractivity contribution is 5.77. The lowest BCUT2D eigenvalue weighted by Crippen LogP contribution is -2.43. The van der Waals surface area contributed by atoms with Crippen LogP contribution in [0.3, 0.4) is 0 Å². The SMILES string of the molecule is CNCC1CN(C(C)(C)C)C(=O)N1. The Morgan fingerprint density at radius 3 is 2.62 bits per heavy atom. The molecule has 4 nitrogen and oxygen atoms in total. The zero-order valence-corrected chi connectivity index (χ0v) is 8.85. The Kier molecular flexibility index (Phi) is 2.81. The van der Waals surface area contributed by atoms with Crippen LogP contribution in [0, 0.1) is 0 Å². The molecule has 0 aromatic rings. The van der Waals surface area contributed by atoms with Gasteiger partial charge in [-0.1, -0.05) is 0 Å². The van der Waals surface area contributed by atoms with Crippen molar-refractivity contribution in [3.63, 3.8) is 0 Å². The number of amides is 2. The van der Waals surface area contributed by atoms with Crippen molar-refractivity contribution >= 4 is 6.03 Å². The number of nitrogens with one attached hydrogen (secondary N) is 2. The third-order valence-electron chi connectivity index (χ3n) is 2.24. The highest BCUT2D eigenvalue weighted by atomic mass is 16.2. The Hall–Kier alpha value is -0.770. The minimum absolute atomic E-state index is 0.0488. The Morgan fingerprint density at radius 1 is 1.62 bits per heavy atom. The summed E-state index contributed by atoms with van der Waals surface area (Å²) in [7, 11) is 1.89. The summed E-state index contributed by atoms with van der Waals surface area (Å²) in [5.74, 6) is 0. The summed E-state index contributed by atoms with van der Waals surface area (Å²) < 4.78 is 0. The van der Waals surface area contributed by atoms with Gasteiger partial charge in [0.2, 0.25) is 0 Å². The molecule has 0 aliphatic carbocycles. The molecule has 1 saturated heterocycles. The van der Waals surface area contributed by atoms with E-state index in [1.807, 2.05) is 32.7 Å². The zero-order chi connectivity index (χ0) is 10.1. The minimum Gasteiger partial charge on any atom is -0.332 e. The Labute approximate surface area is 79.7 Å². The predicted molar refractivity (Wildman–Crippen MR) is 52.7 cm³/mol. The lowest BCUT2D eigenvalue weighted by molar-refractivity contribution is 0.169. The molecule has 13 heavy (non-hydrogen) atoms. The van der Waals surface area contributed by atoms with Gasteiger partial charge in [-0.25, -0.2) is 4.79 Å². The van der Waals surface area contributed by atoms with Gasteiger partial charge in [0.15, 0.2) is 0 Å². The Balaban J connectivity index is 2.57. The molecule has 1 aliphatic heterocycles. The topological polar surface area (TPSA) is 44.4 Å². The second kappa shape index (κ2) is 3.54. The van der Waals surface area contributed by atoms with Crippen molar-refractivity contribution in [3.8, 4) is 0 Å². The lowest BCUT2D eigenvalue weighted by Gasteiger charge is -2.30. The number of hydrogen-bond acceptors (Lipinski definition) is 2. The number of nitrogens with zero attached hydrogens (tertiary/aromatic N) is 1. The van der Waals surface area contributed by atoms with E-state index in [2.05, 4.69) is 10.6 Å². The second-order valence-corrected chi connectivity index (χ2v) is 4.49. The van der Waals surface area contributed by atoms with E-state index in [4.69, 9.17) is 0 Å². The zero-order valence-electron chi connectivity index (χ0n) is 8.85. The first kappa shape index (κ1) is 10.3. The molecule has 0 bridgehead atoms. The summed E-state index contributed by atoms with van der Waals surface area (Å²) in [6.45, 7) is 7.78. The number of urea groups is 1. The smallest absolute Gasteiger partial charge is 0.318 e. The molecule has 1 fully saturated rings. The summed E-state index contributed by atoms with van der Waals surface area (Å²) in [5.41, 5.74) is -0.0768. The van der Waals surface area contributed by atoms with Crippen molar-refractivity contribution in [3.05, 3.63) is 0 Å². The Bertz CT molecular complexity index is 198. The van der Waals surface area contributed by atoms with Crippen molar-refractivity contribution in [2.45, 2.75) is 32.4 Å². The standard InChI is InChI=1S/C9H19N3O/c1-9(2,3)12-6-7(5-10-4)11-8(12)13/h7,10H,5-6H2,1-4H3,(H,11,13). The molecule has 0 radical (unpaired) electrons. The van der Waals surface area contributed by atoms with Gasteiger partial charge in [0, 0.05) is 18.6 Å². The van der Waals surface area contributed by atoms with Gasteiger partial charge in [-0.15, -0.1) is 0 Å². The normalized spacial score (nSPS) is 23.5. The fraction of sp³-hybridized carbons (Fsp3) is 0.889. The summed E-state index contributed by atoms with van der Waals surface area (Å²) in [5, 5.41) is 6.00. The molecule has 2 amide bonds. The van der Waals surface area contributed by atoms with Crippen molar-refractivity contribution in [1.82, 2.24) is 15.5 Å². The minimum atomic E-state index is -0.0768. The van der Waals surface area contributed by atoms with E-state index in [9.17, 15) is 4.79 Å². The molecule has 2 N–H and O–H groups in total. The van der Waals surface area contributed by atoms with Crippen LogP contribution < -0.4 is 10.6 Å². The number of carbonyl (C=O) groups is 1. The molecule has 4 heteroatoms. The van der Waals surface area contributed by atoms with Crippen LogP contribution >= 0.6 is 0 Å². The van der Waals surface area contributed by atoms with Gasteiger partial charge in [-0.05, 0) is 27.8 Å². The van der Waals surface area contributed by atoms with Crippen molar-refractivity contribution < 1.29 is 4.79 Å². The van der Waals surface area contributed by atoms with Gasteiger partial charge in [0.05, 0.1) is 6.04 Å². The van der Waals surface area contributed by atoms with Crippen LogP contribution in [0.4, 0.5) is 4.79 Å². The molecular formula is C9H19N3O. The fourth-order valence-electron chi connectivity index (χ4n) is 1.54. The summed E-state index contributed by atoms with van der Waals surface area (Å²) in [4.78, 5) is 13.4. The molecule has 1 unspecified atom stereocenters. The molecule has 0 spiro atoms. The van der Waals surface area contributed by atoms with E-state index in [0.717, 1.165) is 13.1 Å². The average Bonchev–Trinajstić information content (AvgIpc) is 2.30. The Morgan fingerprint density at radius 2 is 2.23 bits per heavy atom. The number of carbonyl (C=O) groups excluding carboxylic acids is 1. The van der Waals surface area contributed by atoms with E-state index >= 15 is 0 Å². The molecule has 1 atom stereocenters. The van der Waals surface area contributed by atoms with Crippen LogP contribution in [-0.2, 0) is 0 Å². The molecular weight excluding hydrogens is 166 g/mol. The van der Waals surface area contributed by atoms with Crippen LogP contribution in [0.25, 0.3) is 0 Å². The maximum absolute atomic E-state index is 11.5. The summed E-state index contributed by atoms with van der Waals surface area (Å²) in [6.07, 6.45) is 0. The molecule has 0 aromatic heterocycles. The molecule has 1 heterocycles. The first-order chi connectivity index (χ1) is 5.95. The number of likely N-dealkylation sites (N-methyl/N-ethyl adjacent to an activating group) is 1. The van der Waals surface area contributed by atoms with Gasteiger partial charge in [-0.3, -0.25) is 0 Å². The third-order valence-corrected chi connectivity index (χ3v) is 2.24. The predicted octanol–water partition coefficient (Wildman–Crippen LogP) is 0.398. The number of hydrogen-bond donors (Lipinski definition) is 2. The van der Waals surface area contributed by atoms with Gasteiger partial charge in [0.1, 0.15) is 0 Å². The van der Waals surface area contributed by atoms with Crippen LogP contribution in [0.1, 0.15) is 20.8 Å². The summed E-state index contributed by atoms with van der Waals surface area (Å²) in [6, 6.07) is 0.296. The monoisotopic (exact) mass is 185 g/mol. The maximum atomic E-state index is 11.5. The lowest BCUT2D eigenvalue weighted by atomic mass is 10.1. The maximum Gasteiger partial charge on any atom is 0.318 e. The third kappa shape index (κ3) is 2.34. The molecule has 76 valence electrons. The van der Waals surface area contributed by atoms with Crippen molar-refractivity contribution in [1.29, 1.82) is 0 Å². The fourth-order valence-corrected chi connectivity index (χ4v) is 1.54. The van der Waals surface area contributed by atoms with Crippen LogP contribution in [0.2, 0.25) is 0 Å². The van der Waals surface area contributed by atoms with Crippen molar-refractivity contribution in [2.75, 3.05) is 20.1 Å². The van der Waals surface area contributed by atoms with E-state index in [1.54, 1.807) is 0 Å². The van der Waals surface area contributed by atoms with E-state index in [1.165, 1.54) is 0 Å². The van der Waals surface area contributed by atoms with Crippen LogP contribution in [0.5, 0.6) is 0 Å². The molecule has 1 aliphatic rings. The van der Waals surface area contributed by atoms with E-state index < -0.39 is 0 Å². The van der Waals surface area contributed by atoms with Gasteiger partial charge >= 0.3 is 6.03 Å². The van der Waals surface area contributed by atoms with E-state index in [-0.39, 0.29) is 17.6 Å². The van der Waals surface area contributed by atoms with E-state index in [0.29, 0.717) is 0 Å². The molecule has 0 aromatic carbocycles. The van der Waals surface area contributed by atoms with Gasteiger partial charge < -0.3 is 15.5 Å². The quantitative estimate of drug-likeness (QED) is 0.654. The average molecular weight is 185 g/mol. The van der Waals surface area contributed by atoms with Crippen LogP contribution in [0.15, 0.2) is 0 Å². The highest BCUT2D eigenvalue weighted by Crippen LogP contribution is 2.17. The second-order valence-electron chi connectivity index (χ2n) is 4.49. The first-order valence-electron chi connectivity index (χ1n) is 4.68. The summed E-state index contributed by atoms with van der Waals surface area (Å²) >= 11 is 0. The van der Waals surface area contributed by atoms with Gasteiger partial charge in [-0.2, -0.15) is 0 Å². The molecule has 0 saturated carbocycles. The molecule has 1 rings (SSSR count). The number of rotatable bonds is 2. The van der Waals surface area contributed by atoms with Gasteiger partial charge in [0.25, 0.3) is 0 Å². The first-order valence-corrected chi connectivity index (χ1v) is 4.68. The largest absolute Gasteiger partial charge is 0.332 e. The highest BCUT2D eigenvalue weighted by Gasteiger charge is 2.35. The van der Waals surface area contributed by atoms with Crippen LogP contribution in [-0.4, -0.2) is 42.6 Å².